The molecule has 3 heteroatoms. The molecule has 0 aliphatic heterocycles. The van der Waals surface area contributed by atoms with Gasteiger partial charge in [-0.1, -0.05) is 38.0 Å². The number of carbonyl (C=O) groups is 1. The zero-order valence-corrected chi connectivity index (χ0v) is 12.0. The highest BCUT2D eigenvalue weighted by Crippen LogP contribution is 2.23. The fraction of sp³-hybridized carbons (Fsp3) is 0.471. The van der Waals surface area contributed by atoms with Gasteiger partial charge in [-0.3, -0.25) is 4.79 Å². The molecule has 1 N–H and O–H groups in total. The number of para-hydroxylation sites is 1. The van der Waals surface area contributed by atoms with E-state index in [0.29, 0.717) is 18.5 Å². The summed E-state index contributed by atoms with van der Waals surface area (Å²) in [5.74, 6) is 0.735. The molecule has 0 bridgehead atoms. The fourth-order valence-electron chi connectivity index (χ4n) is 3.22. The Morgan fingerprint density at radius 1 is 1.25 bits per heavy atom. The standard InChI is InChI=1S/C17H22N2O/c1-13-6-2-4-8-15(13)18-17(20)12-19-11-10-14-7-3-5-9-16(14)19/h3,5,7,9-11,13,15H,2,4,6,8,12H2,1H3,(H,18,20). The average molecular weight is 270 g/mol. The molecule has 0 radical (unpaired) electrons. The van der Waals surface area contributed by atoms with Gasteiger partial charge in [0.15, 0.2) is 0 Å². The third-order valence-corrected chi connectivity index (χ3v) is 4.45. The lowest BCUT2D eigenvalue weighted by Gasteiger charge is -2.29. The first-order valence-electron chi connectivity index (χ1n) is 7.57. The molecule has 2 unspecified atom stereocenters. The quantitative estimate of drug-likeness (QED) is 0.912. The smallest absolute Gasteiger partial charge is 0.240 e. The van der Waals surface area contributed by atoms with Crippen molar-refractivity contribution in [3.05, 3.63) is 36.5 Å². The molecule has 20 heavy (non-hydrogen) atoms. The number of hydrogen-bond acceptors (Lipinski definition) is 1. The van der Waals surface area contributed by atoms with Crippen LogP contribution < -0.4 is 5.32 Å². The minimum absolute atomic E-state index is 0.130. The largest absolute Gasteiger partial charge is 0.352 e. The molecule has 0 spiro atoms. The van der Waals surface area contributed by atoms with E-state index in [1.54, 1.807) is 0 Å². The van der Waals surface area contributed by atoms with Crippen LogP contribution in [0.15, 0.2) is 36.5 Å². The highest BCUT2D eigenvalue weighted by Gasteiger charge is 2.22. The van der Waals surface area contributed by atoms with Crippen molar-refractivity contribution in [2.45, 2.75) is 45.2 Å². The van der Waals surface area contributed by atoms with Gasteiger partial charge in [0.05, 0.1) is 0 Å². The summed E-state index contributed by atoms with van der Waals surface area (Å²) in [6, 6.07) is 10.6. The second-order valence-corrected chi connectivity index (χ2v) is 5.94. The van der Waals surface area contributed by atoms with Crippen LogP contribution in [0.25, 0.3) is 10.9 Å². The minimum atomic E-state index is 0.130. The van der Waals surface area contributed by atoms with E-state index in [0.717, 1.165) is 11.9 Å². The fourth-order valence-corrected chi connectivity index (χ4v) is 3.22. The van der Waals surface area contributed by atoms with Crippen molar-refractivity contribution in [2.75, 3.05) is 0 Å². The lowest BCUT2D eigenvalue weighted by atomic mass is 9.86. The SMILES string of the molecule is CC1CCCCC1NC(=O)Cn1ccc2ccccc21. The van der Waals surface area contributed by atoms with Crippen LogP contribution >= 0.6 is 0 Å². The number of rotatable bonds is 3. The van der Waals surface area contributed by atoms with E-state index in [-0.39, 0.29) is 5.91 Å². The molecule has 3 nitrogen and oxygen atoms in total. The maximum atomic E-state index is 12.2. The third kappa shape index (κ3) is 2.72. The Hall–Kier alpha value is -1.77. The Morgan fingerprint density at radius 3 is 2.90 bits per heavy atom. The Bertz CT molecular complexity index is 602. The molecule has 2 atom stereocenters. The van der Waals surface area contributed by atoms with Crippen molar-refractivity contribution in [3.8, 4) is 0 Å². The Kier molecular flexibility index (Phi) is 3.77. The second-order valence-electron chi connectivity index (χ2n) is 5.94. The number of nitrogens with one attached hydrogen (secondary N) is 1. The van der Waals surface area contributed by atoms with E-state index in [9.17, 15) is 4.79 Å². The van der Waals surface area contributed by atoms with Gasteiger partial charge in [0, 0.05) is 17.8 Å². The predicted molar refractivity (Wildman–Crippen MR) is 81.5 cm³/mol. The molecule has 1 heterocycles. The number of carbonyl (C=O) groups excluding carboxylic acids is 1. The van der Waals surface area contributed by atoms with Crippen molar-refractivity contribution in [2.24, 2.45) is 5.92 Å². The molecule has 1 amide bonds. The van der Waals surface area contributed by atoms with E-state index < -0.39 is 0 Å². The number of amides is 1. The predicted octanol–water partition coefficient (Wildman–Crippen LogP) is 3.34. The van der Waals surface area contributed by atoms with Crippen LogP contribution in [0.4, 0.5) is 0 Å². The summed E-state index contributed by atoms with van der Waals surface area (Å²) >= 11 is 0. The number of nitrogens with zero attached hydrogens (tertiary/aromatic N) is 1. The van der Waals surface area contributed by atoms with Gasteiger partial charge in [0.1, 0.15) is 6.54 Å². The lowest BCUT2D eigenvalue weighted by molar-refractivity contribution is -0.122. The van der Waals surface area contributed by atoms with Crippen molar-refractivity contribution in [1.82, 2.24) is 9.88 Å². The second kappa shape index (κ2) is 5.70. The van der Waals surface area contributed by atoms with Gasteiger partial charge in [-0.05, 0) is 36.3 Å². The van der Waals surface area contributed by atoms with Crippen LogP contribution in [0.2, 0.25) is 0 Å². The van der Waals surface area contributed by atoms with E-state index in [1.165, 1.54) is 24.6 Å². The van der Waals surface area contributed by atoms with E-state index in [1.807, 2.05) is 22.9 Å². The molecule has 1 aliphatic rings. The highest BCUT2D eigenvalue weighted by atomic mass is 16.2. The molecule has 1 aromatic heterocycles. The minimum Gasteiger partial charge on any atom is -0.352 e. The molecule has 1 aliphatic carbocycles. The van der Waals surface area contributed by atoms with Gasteiger partial charge >= 0.3 is 0 Å². The van der Waals surface area contributed by atoms with Gasteiger partial charge in [0.2, 0.25) is 5.91 Å². The Morgan fingerprint density at radius 2 is 2.05 bits per heavy atom. The van der Waals surface area contributed by atoms with Gasteiger partial charge in [0.25, 0.3) is 0 Å². The average Bonchev–Trinajstić information content (AvgIpc) is 2.85. The summed E-state index contributed by atoms with van der Waals surface area (Å²) in [5.41, 5.74) is 1.12. The summed E-state index contributed by atoms with van der Waals surface area (Å²) in [4.78, 5) is 12.2. The lowest BCUT2D eigenvalue weighted by Crippen LogP contribution is -2.42. The van der Waals surface area contributed by atoms with Crippen LogP contribution in [0.1, 0.15) is 32.6 Å². The topological polar surface area (TPSA) is 34.0 Å². The summed E-state index contributed by atoms with van der Waals surface area (Å²) in [6.07, 6.45) is 6.89. The molecule has 1 fully saturated rings. The zero-order chi connectivity index (χ0) is 13.9. The number of benzene rings is 1. The van der Waals surface area contributed by atoms with Crippen molar-refractivity contribution >= 4 is 16.8 Å². The van der Waals surface area contributed by atoms with Crippen LogP contribution in [0, 0.1) is 5.92 Å². The summed E-state index contributed by atoms with van der Waals surface area (Å²) in [5, 5.41) is 4.40. The summed E-state index contributed by atoms with van der Waals surface area (Å²) < 4.78 is 2.03. The molecule has 1 saturated carbocycles. The van der Waals surface area contributed by atoms with Crippen LogP contribution in [-0.4, -0.2) is 16.5 Å². The van der Waals surface area contributed by atoms with Crippen molar-refractivity contribution in [3.63, 3.8) is 0 Å². The first-order chi connectivity index (χ1) is 9.74. The molecule has 3 rings (SSSR count). The normalized spacial score (nSPS) is 22.9. The summed E-state index contributed by atoms with van der Waals surface area (Å²) in [7, 11) is 0. The monoisotopic (exact) mass is 270 g/mol. The Labute approximate surface area is 120 Å². The molecular formula is C17H22N2O. The zero-order valence-electron chi connectivity index (χ0n) is 12.0. The number of aromatic nitrogens is 1. The van der Waals surface area contributed by atoms with Gasteiger partial charge < -0.3 is 9.88 Å². The maximum absolute atomic E-state index is 12.2. The van der Waals surface area contributed by atoms with Crippen molar-refractivity contribution < 1.29 is 4.79 Å². The summed E-state index contributed by atoms with van der Waals surface area (Å²) in [6.45, 7) is 2.66. The number of hydrogen-bond donors (Lipinski definition) is 1. The molecule has 0 saturated heterocycles. The van der Waals surface area contributed by atoms with E-state index in [2.05, 4.69) is 30.4 Å². The molecule has 1 aromatic carbocycles. The first kappa shape index (κ1) is 13.2. The van der Waals surface area contributed by atoms with Crippen LogP contribution in [-0.2, 0) is 11.3 Å². The van der Waals surface area contributed by atoms with Gasteiger partial charge in [-0.2, -0.15) is 0 Å². The van der Waals surface area contributed by atoms with Crippen molar-refractivity contribution in [1.29, 1.82) is 0 Å². The molecule has 106 valence electrons. The van der Waals surface area contributed by atoms with Crippen LogP contribution in [0.5, 0.6) is 0 Å². The van der Waals surface area contributed by atoms with E-state index in [4.69, 9.17) is 0 Å². The van der Waals surface area contributed by atoms with Gasteiger partial charge in [-0.25, -0.2) is 0 Å². The molecular weight excluding hydrogens is 248 g/mol. The van der Waals surface area contributed by atoms with E-state index >= 15 is 0 Å². The maximum Gasteiger partial charge on any atom is 0.240 e. The molecule has 2 aromatic rings. The first-order valence-corrected chi connectivity index (χ1v) is 7.57. The third-order valence-electron chi connectivity index (χ3n) is 4.45. The van der Waals surface area contributed by atoms with Gasteiger partial charge in [-0.15, -0.1) is 0 Å². The Balaban J connectivity index is 1.66. The number of fused-ring (bicyclic) bond motifs is 1. The highest BCUT2D eigenvalue weighted by molar-refractivity contribution is 5.83. The van der Waals surface area contributed by atoms with Crippen LogP contribution in [0.3, 0.4) is 0 Å².